The highest BCUT2D eigenvalue weighted by Gasteiger charge is 2.17. The van der Waals surface area contributed by atoms with E-state index in [9.17, 15) is 14.4 Å². The van der Waals surface area contributed by atoms with Crippen molar-refractivity contribution in [1.82, 2.24) is 0 Å². The van der Waals surface area contributed by atoms with Crippen LogP contribution in [0.15, 0.2) is 42.5 Å². The van der Waals surface area contributed by atoms with Crippen LogP contribution in [0.2, 0.25) is 0 Å². The fourth-order valence-corrected chi connectivity index (χ4v) is 2.05. The van der Waals surface area contributed by atoms with E-state index in [2.05, 4.69) is 9.47 Å². The number of rotatable bonds is 5. The monoisotopic (exact) mass is 344 g/mol. The Morgan fingerprint density at radius 3 is 1.76 bits per heavy atom. The lowest BCUT2D eigenvalue weighted by Gasteiger charge is -2.09. The summed E-state index contributed by atoms with van der Waals surface area (Å²) >= 11 is 0. The van der Waals surface area contributed by atoms with Gasteiger partial charge in [-0.05, 0) is 36.4 Å². The third-order valence-corrected chi connectivity index (χ3v) is 3.26. The molecule has 2 aromatic carbocycles. The molecule has 0 aliphatic carbocycles. The molecule has 0 aliphatic rings. The summed E-state index contributed by atoms with van der Waals surface area (Å²) in [6.07, 6.45) is 0. The van der Waals surface area contributed by atoms with Crippen molar-refractivity contribution in [2.75, 3.05) is 21.3 Å². The highest BCUT2D eigenvalue weighted by molar-refractivity contribution is 5.97. The molecule has 25 heavy (non-hydrogen) atoms. The average molecular weight is 344 g/mol. The molecule has 0 N–H and O–H groups in total. The normalized spacial score (nSPS) is 9.88. The molecule has 0 unspecified atom stereocenters. The highest BCUT2D eigenvalue weighted by atomic mass is 16.5. The molecule has 0 bridgehead atoms. The molecule has 130 valence electrons. The molecule has 0 aromatic heterocycles. The SMILES string of the molecule is COC(=O)c1cc(OC(=O)c2cccc(OC)c2)cc(C(=O)OC)c1. The van der Waals surface area contributed by atoms with Gasteiger partial charge in [0.1, 0.15) is 11.5 Å². The first kappa shape index (κ1) is 18.0. The van der Waals surface area contributed by atoms with Gasteiger partial charge in [-0.2, -0.15) is 0 Å². The lowest BCUT2D eigenvalue weighted by atomic mass is 10.1. The largest absolute Gasteiger partial charge is 0.497 e. The highest BCUT2D eigenvalue weighted by Crippen LogP contribution is 2.21. The third kappa shape index (κ3) is 4.35. The maximum atomic E-state index is 12.3. The first-order valence-electron chi connectivity index (χ1n) is 7.16. The summed E-state index contributed by atoms with van der Waals surface area (Å²) in [5.74, 6) is -1.52. The van der Waals surface area contributed by atoms with Crippen LogP contribution in [0.1, 0.15) is 31.1 Å². The van der Waals surface area contributed by atoms with Crippen LogP contribution in [0.25, 0.3) is 0 Å². The van der Waals surface area contributed by atoms with Gasteiger partial charge in [0.05, 0.1) is 38.0 Å². The minimum absolute atomic E-state index is 0.0103. The maximum absolute atomic E-state index is 12.3. The van der Waals surface area contributed by atoms with Crippen molar-refractivity contribution in [1.29, 1.82) is 0 Å². The van der Waals surface area contributed by atoms with Gasteiger partial charge in [0.15, 0.2) is 0 Å². The van der Waals surface area contributed by atoms with E-state index in [0.717, 1.165) is 0 Å². The van der Waals surface area contributed by atoms with Gasteiger partial charge in [0.2, 0.25) is 0 Å². The van der Waals surface area contributed by atoms with E-state index < -0.39 is 17.9 Å². The van der Waals surface area contributed by atoms with E-state index >= 15 is 0 Å². The molecule has 0 spiro atoms. The predicted molar refractivity (Wildman–Crippen MR) is 87.1 cm³/mol. The van der Waals surface area contributed by atoms with E-state index in [1.165, 1.54) is 45.6 Å². The van der Waals surface area contributed by atoms with Crippen LogP contribution in [0, 0.1) is 0 Å². The summed E-state index contributed by atoms with van der Waals surface area (Å²) in [7, 11) is 3.89. The summed E-state index contributed by atoms with van der Waals surface area (Å²) in [5.41, 5.74) is 0.361. The number of methoxy groups -OCH3 is 3. The fraction of sp³-hybridized carbons (Fsp3) is 0.167. The van der Waals surface area contributed by atoms with Crippen molar-refractivity contribution in [3.63, 3.8) is 0 Å². The molecule has 0 heterocycles. The van der Waals surface area contributed by atoms with Crippen molar-refractivity contribution in [3.05, 3.63) is 59.2 Å². The molecule has 0 saturated carbocycles. The van der Waals surface area contributed by atoms with Gasteiger partial charge in [0, 0.05) is 0 Å². The Morgan fingerprint density at radius 2 is 1.24 bits per heavy atom. The maximum Gasteiger partial charge on any atom is 0.343 e. The molecule has 0 aliphatic heterocycles. The van der Waals surface area contributed by atoms with Crippen molar-refractivity contribution in [2.45, 2.75) is 0 Å². The van der Waals surface area contributed by atoms with Crippen molar-refractivity contribution >= 4 is 17.9 Å². The Kier molecular flexibility index (Phi) is 5.73. The molecular weight excluding hydrogens is 328 g/mol. The fourth-order valence-electron chi connectivity index (χ4n) is 2.05. The van der Waals surface area contributed by atoms with E-state index in [1.54, 1.807) is 18.2 Å². The van der Waals surface area contributed by atoms with Crippen LogP contribution in [-0.2, 0) is 9.47 Å². The second kappa shape index (κ2) is 7.96. The number of carbonyl (C=O) groups is 3. The number of ether oxygens (including phenoxy) is 4. The Bertz CT molecular complexity index is 777. The minimum atomic E-state index is -0.676. The standard InChI is InChI=1S/C18H16O7/c1-22-14-6-4-5-11(8-14)18(21)25-15-9-12(16(19)23-2)7-13(10-15)17(20)24-3/h4-10H,1-3H3. The Labute approximate surface area is 144 Å². The quantitative estimate of drug-likeness (QED) is 0.608. The molecular formula is C18H16O7. The molecule has 0 saturated heterocycles. The van der Waals surface area contributed by atoms with Gasteiger partial charge in [-0.3, -0.25) is 0 Å². The summed E-state index contributed by atoms with van der Waals surface area (Å²) < 4.78 is 19.6. The number of esters is 3. The molecule has 0 amide bonds. The minimum Gasteiger partial charge on any atom is -0.497 e. The second-order valence-electron chi connectivity index (χ2n) is 4.85. The lowest BCUT2D eigenvalue weighted by Crippen LogP contribution is -2.11. The van der Waals surface area contributed by atoms with E-state index in [4.69, 9.17) is 9.47 Å². The number of hydrogen-bond donors (Lipinski definition) is 0. The number of hydrogen-bond acceptors (Lipinski definition) is 7. The average Bonchev–Trinajstić information content (AvgIpc) is 2.66. The second-order valence-corrected chi connectivity index (χ2v) is 4.85. The van der Waals surface area contributed by atoms with Crippen molar-refractivity contribution in [3.8, 4) is 11.5 Å². The predicted octanol–water partition coefficient (Wildman–Crippen LogP) is 2.49. The molecule has 7 nitrogen and oxygen atoms in total. The molecule has 7 heteroatoms. The van der Waals surface area contributed by atoms with Gasteiger partial charge in [-0.25, -0.2) is 14.4 Å². The summed E-state index contributed by atoms with van der Waals surface area (Å²) in [6, 6.07) is 10.3. The zero-order chi connectivity index (χ0) is 18.4. The van der Waals surface area contributed by atoms with Crippen LogP contribution >= 0.6 is 0 Å². The van der Waals surface area contributed by atoms with Crippen molar-refractivity contribution in [2.24, 2.45) is 0 Å². The first-order valence-corrected chi connectivity index (χ1v) is 7.16. The van der Waals surface area contributed by atoms with E-state index in [1.807, 2.05) is 0 Å². The van der Waals surface area contributed by atoms with Crippen LogP contribution in [0.3, 0.4) is 0 Å². The Balaban J connectivity index is 2.35. The van der Waals surface area contributed by atoms with Gasteiger partial charge in [0.25, 0.3) is 0 Å². The molecule has 2 aromatic rings. The van der Waals surface area contributed by atoms with Crippen LogP contribution in [0.5, 0.6) is 11.5 Å². The molecule has 0 fully saturated rings. The Morgan fingerprint density at radius 1 is 0.680 bits per heavy atom. The Hall–Kier alpha value is -3.35. The molecule has 2 rings (SSSR count). The molecule has 0 radical (unpaired) electrons. The lowest BCUT2D eigenvalue weighted by molar-refractivity contribution is 0.0593. The third-order valence-electron chi connectivity index (χ3n) is 3.26. The summed E-state index contributed by atoms with van der Waals surface area (Å²) in [5, 5.41) is 0. The molecule has 0 atom stereocenters. The van der Waals surface area contributed by atoms with Crippen molar-refractivity contribution < 1.29 is 33.3 Å². The zero-order valence-electron chi connectivity index (χ0n) is 13.9. The first-order chi connectivity index (χ1) is 12.0. The van der Waals surface area contributed by atoms with Gasteiger partial charge in [-0.1, -0.05) is 6.07 Å². The van der Waals surface area contributed by atoms with Crippen LogP contribution < -0.4 is 9.47 Å². The number of benzene rings is 2. The van der Waals surface area contributed by atoms with Gasteiger partial charge in [-0.15, -0.1) is 0 Å². The number of carbonyl (C=O) groups excluding carboxylic acids is 3. The van der Waals surface area contributed by atoms with Crippen LogP contribution in [-0.4, -0.2) is 39.2 Å². The van der Waals surface area contributed by atoms with Gasteiger partial charge >= 0.3 is 17.9 Å². The summed E-state index contributed by atoms with van der Waals surface area (Å²) in [4.78, 5) is 35.7. The zero-order valence-corrected chi connectivity index (χ0v) is 13.9. The topological polar surface area (TPSA) is 88.1 Å². The van der Waals surface area contributed by atoms with E-state index in [-0.39, 0.29) is 22.4 Å². The van der Waals surface area contributed by atoms with Gasteiger partial charge < -0.3 is 18.9 Å². The summed E-state index contributed by atoms with van der Waals surface area (Å²) in [6.45, 7) is 0. The van der Waals surface area contributed by atoms with E-state index in [0.29, 0.717) is 5.75 Å². The smallest absolute Gasteiger partial charge is 0.343 e. The van der Waals surface area contributed by atoms with Crippen LogP contribution in [0.4, 0.5) is 0 Å².